The molecule has 0 spiro atoms. The van der Waals surface area contributed by atoms with Gasteiger partial charge in [0.05, 0.1) is 19.8 Å². The van der Waals surface area contributed by atoms with E-state index < -0.39 is 52.9 Å². The zero-order chi connectivity index (χ0) is 27.4. The monoisotopic (exact) mass is 539 g/mol. The third-order valence-corrected chi connectivity index (χ3v) is 6.29. The van der Waals surface area contributed by atoms with E-state index in [1.54, 1.807) is 6.07 Å². The molecule has 1 aliphatic heterocycles. The van der Waals surface area contributed by atoms with Gasteiger partial charge < -0.3 is 14.8 Å². The molecule has 3 N–H and O–H groups in total. The van der Waals surface area contributed by atoms with E-state index in [2.05, 4.69) is 20.8 Å². The third-order valence-electron chi connectivity index (χ3n) is 6.29. The highest BCUT2D eigenvalue weighted by Crippen LogP contribution is 2.42. The van der Waals surface area contributed by atoms with Crippen LogP contribution in [-0.4, -0.2) is 67.6 Å². The predicted molar refractivity (Wildman–Crippen MR) is 129 cm³/mol. The van der Waals surface area contributed by atoms with Crippen LogP contribution in [0.5, 0.6) is 5.75 Å². The maximum absolute atomic E-state index is 14.1. The molecule has 0 aliphatic carbocycles. The van der Waals surface area contributed by atoms with Gasteiger partial charge >= 0.3 is 12.2 Å². The number of halogens is 5. The standard InChI is InChI=1S/C25H26F5N5O3/c1-37-8-7-35-12-18(14-9-15(26)11-16(27)10-14)19(13-35)31-24(36)32-23-21(25(28,29)30)22(33-34-23)17-5-3-4-6-20(17)38-2/h3-6,9-11,18-19H,7-8,12-13H2,1-2H3,(H3,31,32,33,34,36)/t18-,19+/m0/s1. The molecule has 38 heavy (non-hydrogen) atoms. The fraction of sp³-hybridized carbons (Fsp3) is 0.360. The molecule has 1 saturated heterocycles. The topological polar surface area (TPSA) is 91.5 Å². The number of anilines is 1. The fourth-order valence-electron chi connectivity index (χ4n) is 4.62. The van der Waals surface area contributed by atoms with Gasteiger partial charge in [0.15, 0.2) is 0 Å². The number of benzene rings is 2. The Bertz CT molecular complexity index is 1260. The van der Waals surface area contributed by atoms with Crippen LogP contribution < -0.4 is 15.4 Å². The summed E-state index contributed by atoms with van der Waals surface area (Å²) in [6.07, 6.45) is -4.86. The molecule has 0 radical (unpaired) electrons. The molecule has 0 saturated carbocycles. The molecule has 0 bridgehead atoms. The normalized spacial score (nSPS) is 18.0. The van der Waals surface area contributed by atoms with Crippen molar-refractivity contribution in [2.45, 2.75) is 18.1 Å². The van der Waals surface area contributed by atoms with E-state index in [0.717, 1.165) is 6.07 Å². The Labute approximate surface area is 215 Å². The van der Waals surface area contributed by atoms with Crippen LogP contribution in [0.2, 0.25) is 0 Å². The lowest BCUT2D eigenvalue weighted by atomic mass is 9.94. The van der Waals surface area contributed by atoms with Crippen molar-refractivity contribution in [3.05, 3.63) is 65.2 Å². The Kier molecular flexibility index (Phi) is 8.17. The first-order chi connectivity index (χ1) is 18.1. The second-order valence-corrected chi connectivity index (χ2v) is 8.79. The van der Waals surface area contributed by atoms with Gasteiger partial charge in [-0.15, -0.1) is 0 Å². The summed E-state index contributed by atoms with van der Waals surface area (Å²) in [5.41, 5.74) is -1.20. The van der Waals surface area contributed by atoms with Gasteiger partial charge in [0.25, 0.3) is 0 Å². The van der Waals surface area contributed by atoms with Crippen molar-refractivity contribution in [3.8, 4) is 17.0 Å². The van der Waals surface area contributed by atoms with Gasteiger partial charge in [-0.1, -0.05) is 12.1 Å². The number of aromatic nitrogens is 2. The van der Waals surface area contributed by atoms with Crippen molar-refractivity contribution in [2.75, 3.05) is 45.8 Å². The quantitative estimate of drug-likeness (QED) is 0.364. The zero-order valence-corrected chi connectivity index (χ0v) is 20.5. The molecule has 2 amide bonds. The molecule has 0 unspecified atom stereocenters. The van der Waals surface area contributed by atoms with Crippen molar-refractivity contribution in [1.29, 1.82) is 0 Å². The van der Waals surface area contributed by atoms with E-state index in [9.17, 15) is 26.7 Å². The Morgan fingerprint density at radius 3 is 2.50 bits per heavy atom. The van der Waals surface area contributed by atoms with Gasteiger partial charge in [-0.2, -0.15) is 18.3 Å². The lowest BCUT2D eigenvalue weighted by molar-refractivity contribution is -0.136. The molecule has 1 fully saturated rings. The minimum Gasteiger partial charge on any atom is -0.496 e. The number of carbonyl (C=O) groups excluding carboxylic acids is 1. The smallest absolute Gasteiger partial charge is 0.422 e. The number of nitrogens with zero attached hydrogens (tertiary/aromatic N) is 2. The Balaban J connectivity index is 1.58. The van der Waals surface area contributed by atoms with Crippen LogP contribution in [0.4, 0.5) is 32.6 Å². The summed E-state index contributed by atoms with van der Waals surface area (Å²) in [6, 6.07) is 7.56. The molecule has 3 aromatic rings. The van der Waals surface area contributed by atoms with Crippen LogP contribution in [0.15, 0.2) is 42.5 Å². The summed E-state index contributed by atoms with van der Waals surface area (Å²) in [6.45, 7) is 1.53. The number of hydrogen-bond donors (Lipinski definition) is 3. The Hall–Kier alpha value is -3.71. The number of methoxy groups -OCH3 is 2. The number of aromatic amines is 1. The SMILES string of the molecule is COCCN1C[C@@H](NC(=O)Nc2[nH]nc(-c3ccccc3OC)c2C(F)(F)F)[C@H](c2cc(F)cc(F)c2)C1. The molecule has 1 aliphatic rings. The van der Waals surface area contributed by atoms with Crippen molar-refractivity contribution >= 4 is 11.8 Å². The molecule has 1 aromatic heterocycles. The number of ether oxygens (including phenoxy) is 2. The summed E-state index contributed by atoms with van der Waals surface area (Å²) in [5, 5.41) is 10.9. The molecule has 2 atom stereocenters. The van der Waals surface area contributed by atoms with E-state index in [1.165, 1.54) is 44.6 Å². The lowest BCUT2D eigenvalue weighted by Gasteiger charge is -2.21. The highest BCUT2D eigenvalue weighted by Gasteiger charge is 2.41. The lowest BCUT2D eigenvalue weighted by Crippen LogP contribution is -2.42. The first kappa shape index (κ1) is 27.3. The second kappa shape index (κ2) is 11.4. The second-order valence-electron chi connectivity index (χ2n) is 8.79. The number of hydrogen-bond acceptors (Lipinski definition) is 5. The minimum atomic E-state index is -4.86. The molecular formula is C25H26F5N5O3. The average molecular weight is 540 g/mol. The van der Waals surface area contributed by atoms with E-state index in [0.29, 0.717) is 31.8 Å². The summed E-state index contributed by atoms with van der Waals surface area (Å²) < 4.78 is 80.3. The third kappa shape index (κ3) is 6.05. The molecular weight excluding hydrogens is 513 g/mol. The first-order valence-electron chi connectivity index (χ1n) is 11.6. The maximum Gasteiger partial charge on any atom is 0.422 e. The van der Waals surface area contributed by atoms with Crippen molar-refractivity contribution in [3.63, 3.8) is 0 Å². The summed E-state index contributed by atoms with van der Waals surface area (Å²) >= 11 is 0. The molecule has 4 rings (SSSR count). The number of amides is 2. The summed E-state index contributed by atoms with van der Waals surface area (Å²) in [5.74, 6) is -2.54. The van der Waals surface area contributed by atoms with Gasteiger partial charge in [-0.05, 0) is 29.8 Å². The average Bonchev–Trinajstić information content (AvgIpc) is 3.46. The highest BCUT2D eigenvalue weighted by molar-refractivity contribution is 5.91. The highest BCUT2D eigenvalue weighted by atomic mass is 19.4. The fourth-order valence-corrected chi connectivity index (χ4v) is 4.62. The van der Waals surface area contributed by atoms with Crippen molar-refractivity contribution < 1.29 is 36.2 Å². The van der Waals surface area contributed by atoms with Crippen LogP contribution in [0, 0.1) is 11.6 Å². The minimum absolute atomic E-state index is 0.0878. The number of para-hydroxylation sites is 1. The van der Waals surface area contributed by atoms with Crippen molar-refractivity contribution in [1.82, 2.24) is 20.4 Å². The van der Waals surface area contributed by atoms with Crippen LogP contribution >= 0.6 is 0 Å². The first-order valence-corrected chi connectivity index (χ1v) is 11.6. The van der Waals surface area contributed by atoms with Crippen LogP contribution in [0.1, 0.15) is 17.0 Å². The predicted octanol–water partition coefficient (Wildman–Crippen LogP) is 4.62. The zero-order valence-electron chi connectivity index (χ0n) is 20.5. The van der Waals surface area contributed by atoms with E-state index in [4.69, 9.17) is 9.47 Å². The molecule has 204 valence electrons. The summed E-state index contributed by atoms with van der Waals surface area (Å²) in [7, 11) is 2.85. The number of nitrogens with one attached hydrogen (secondary N) is 3. The van der Waals surface area contributed by atoms with E-state index in [-0.39, 0.29) is 11.3 Å². The number of H-pyrrole nitrogens is 1. The van der Waals surface area contributed by atoms with E-state index >= 15 is 0 Å². The van der Waals surface area contributed by atoms with Crippen LogP contribution in [-0.2, 0) is 10.9 Å². The number of alkyl halides is 3. The number of urea groups is 1. The molecule has 2 aromatic carbocycles. The molecule has 13 heteroatoms. The largest absolute Gasteiger partial charge is 0.496 e. The van der Waals surface area contributed by atoms with Crippen LogP contribution in [0.25, 0.3) is 11.3 Å². The van der Waals surface area contributed by atoms with E-state index in [1.807, 2.05) is 4.90 Å². The number of carbonyl (C=O) groups is 1. The molecule has 8 nitrogen and oxygen atoms in total. The van der Waals surface area contributed by atoms with Gasteiger partial charge in [-0.25, -0.2) is 13.6 Å². The number of rotatable bonds is 8. The van der Waals surface area contributed by atoms with Gasteiger partial charge in [-0.3, -0.25) is 15.3 Å². The van der Waals surface area contributed by atoms with Gasteiger partial charge in [0.1, 0.15) is 34.5 Å². The van der Waals surface area contributed by atoms with Gasteiger partial charge in [0, 0.05) is 44.3 Å². The Morgan fingerprint density at radius 2 is 1.84 bits per heavy atom. The number of likely N-dealkylation sites (tertiary alicyclic amines) is 1. The summed E-state index contributed by atoms with van der Waals surface area (Å²) in [4.78, 5) is 14.8. The van der Waals surface area contributed by atoms with Crippen LogP contribution in [0.3, 0.4) is 0 Å². The Morgan fingerprint density at radius 1 is 1.13 bits per heavy atom. The molecule has 2 heterocycles. The van der Waals surface area contributed by atoms with Gasteiger partial charge in [0.2, 0.25) is 0 Å². The van der Waals surface area contributed by atoms with Crippen molar-refractivity contribution in [2.24, 2.45) is 0 Å². The maximum atomic E-state index is 14.1.